The molecule has 0 aromatic heterocycles. The predicted octanol–water partition coefficient (Wildman–Crippen LogP) is 3.52. The summed E-state index contributed by atoms with van der Waals surface area (Å²) in [6.45, 7) is 1.79. The average molecular weight is 431 g/mol. The highest BCUT2D eigenvalue weighted by Crippen LogP contribution is 2.32. The Hall–Kier alpha value is -1.67. The highest BCUT2D eigenvalue weighted by molar-refractivity contribution is 7.89. The number of benzene rings is 2. The summed E-state index contributed by atoms with van der Waals surface area (Å²) < 4.78 is 38.1. The van der Waals surface area contributed by atoms with E-state index in [0.29, 0.717) is 47.7 Å². The lowest BCUT2D eigenvalue weighted by Gasteiger charge is -2.35. The van der Waals surface area contributed by atoms with Crippen LogP contribution < -0.4 is 14.4 Å². The first-order chi connectivity index (χ1) is 12.9. The SMILES string of the molecule is COc1ccc(OC)c(S(=O)(=O)N2CCN(c3ccc(Cl)c(Cl)c3)CC2)c1. The van der Waals surface area contributed by atoms with Crippen molar-refractivity contribution < 1.29 is 17.9 Å². The molecule has 0 saturated carbocycles. The van der Waals surface area contributed by atoms with Crippen LogP contribution in [-0.2, 0) is 10.0 Å². The maximum Gasteiger partial charge on any atom is 0.247 e. The standard InChI is InChI=1S/C18H20Cl2N2O4S/c1-25-14-4-6-17(26-2)18(12-14)27(23,24)22-9-7-21(8-10-22)13-3-5-15(19)16(20)11-13/h3-6,11-12H,7-10H2,1-2H3. The Labute approximate surface area is 169 Å². The van der Waals surface area contributed by atoms with Crippen molar-refractivity contribution >= 4 is 38.9 Å². The van der Waals surface area contributed by atoms with Crippen molar-refractivity contribution in [3.63, 3.8) is 0 Å². The molecular formula is C18H20Cl2N2O4S. The van der Waals surface area contributed by atoms with Crippen LogP contribution in [0, 0.1) is 0 Å². The van der Waals surface area contributed by atoms with Crippen LogP contribution in [-0.4, -0.2) is 53.1 Å². The highest BCUT2D eigenvalue weighted by atomic mass is 35.5. The highest BCUT2D eigenvalue weighted by Gasteiger charge is 2.31. The van der Waals surface area contributed by atoms with Gasteiger partial charge in [-0.2, -0.15) is 4.31 Å². The first kappa shape index (κ1) is 20.1. The summed E-state index contributed by atoms with van der Waals surface area (Å²) in [5.41, 5.74) is 0.917. The van der Waals surface area contributed by atoms with Gasteiger partial charge in [-0.3, -0.25) is 0 Å². The molecule has 27 heavy (non-hydrogen) atoms. The first-order valence-electron chi connectivity index (χ1n) is 8.29. The molecule has 3 rings (SSSR count). The number of hydrogen-bond acceptors (Lipinski definition) is 5. The summed E-state index contributed by atoms with van der Waals surface area (Å²) in [5.74, 6) is 0.756. The van der Waals surface area contributed by atoms with Crippen molar-refractivity contribution in [2.45, 2.75) is 4.90 Å². The van der Waals surface area contributed by atoms with Crippen molar-refractivity contribution in [3.8, 4) is 11.5 Å². The Kier molecular flexibility index (Phi) is 6.05. The van der Waals surface area contributed by atoms with Crippen LogP contribution in [0.4, 0.5) is 5.69 Å². The van der Waals surface area contributed by atoms with E-state index in [0.717, 1.165) is 5.69 Å². The summed E-state index contributed by atoms with van der Waals surface area (Å²) in [6, 6.07) is 10.2. The van der Waals surface area contributed by atoms with Crippen LogP contribution in [0.1, 0.15) is 0 Å². The second-order valence-electron chi connectivity index (χ2n) is 6.01. The summed E-state index contributed by atoms with van der Waals surface area (Å²) in [7, 11) is -0.762. The van der Waals surface area contributed by atoms with Crippen molar-refractivity contribution in [1.29, 1.82) is 0 Å². The largest absolute Gasteiger partial charge is 0.497 e. The number of halogens is 2. The third-order valence-corrected chi connectivity index (χ3v) is 7.15. The molecule has 0 spiro atoms. The molecule has 1 aliphatic rings. The molecule has 1 saturated heterocycles. The summed E-state index contributed by atoms with van der Waals surface area (Å²) >= 11 is 12.0. The second-order valence-corrected chi connectivity index (χ2v) is 8.73. The van der Waals surface area contributed by atoms with E-state index < -0.39 is 10.0 Å². The fourth-order valence-corrected chi connectivity index (χ4v) is 4.88. The van der Waals surface area contributed by atoms with Crippen molar-refractivity contribution in [3.05, 3.63) is 46.4 Å². The fraction of sp³-hybridized carbons (Fsp3) is 0.333. The molecular weight excluding hydrogens is 411 g/mol. The molecule has 2 aromatic carbocycles. The van der Waals surface area contributed by atoms with Gasteiger partial charge in [-0.05, 0) is 30.3 Å². The van der Waals surface area contributed by atoms with Gasteiger partial charge in [-0.1, -0.05) is 23.2 Å². The number of anilines is 1. The van der Waals surface area contributed by atoms with E-state index in [-0.39, 0.29) is 4.90 Å². The molecule has 0 N–H and O–H groups in total. The average Bonchev–Trinajstić information content (AvgIpc) is 2.69. The van der Waals surface area contributed by atoms with E-state index in [9.17, 15) is 8.42 Å². The van der Waals surface area contributed by atoms with E-state index in [1.165, 1.54) is 24.6 Å². The van der Waals surface area contributed by atoms with E-state index in [4.69, 9.17) is 32.7 Å². The topological polar surface area (TPSA) is 59.1 Å². The lowest BCUT2D eigenvalue weighted by molar-refractivity contribution is 0.371. The van der Waals surface area contributed by atoms with Crippen LogP contribution in [0.15, 0.2) is 41.3 Å². The van der Waals surface area contributed by atoms with Crippen molar-refractivity contribution in [2.75, 3.05) is 45.3 Å². The number of sulfonamides is 1. The van der Waals surface area contributed by atoms with E-state index in [1.54, 1.807) is 24.3 Å². The molecule has 1 fully saturated rings. The molecule has 0 aliphatic carbocycles. The monoisotopic (exact) mass is 430 g/mol. The molecule has 0 amide bonds. The molecule has 0 atom stereocenters. The van der Waals surface area contributed by atoms with Gasteiger partial charge < -0.3 is 14.4 Å². The molecule has 9 heteroatoms. The number of methoxy groups -OCH3 is 2. The smallest absolute Gasteiger partial charge is 0.247 e. The fourth-order valence-electron chi connectivity index (χ4n) is 2.99. The zero-order chi connectivity index (χ0) is 19.6. The lowest BCUT2D eigenvalue weighted by atomic mass is 10.2. The second kappa shape index (κ2) is 8.14. The lowest BCUT2D eigenvalue weighted by Crippen LogP contribution is -2.48. The van der Waals surface area contributed by atoms with E-state index >= 15 is 0 Å². The normalized spacial score (nSPS) is 15.6. The summed E-state index contributed by atoms with van der Waals surface area (Å²) in [6.07, 6.45) is 0. The molecule has 0 bridgehead atoms. The number of hydrogen-bond donors (Lipinski definition) is 0. The summed E-state index contributed by atoms with van der Waals surface area (Å²) in [4.78, 5) is 2.18. The van der Waals surface area contributed by atoms with Gasteiger partial charge in [0.2, 0.25) is 10.0 Å². The first-order valence-corrected chi connectivity index (χ1v) is 10.5. The Bertz CT molecular complexity index is 929. The molecule has 6 nitrogen and oxygen atoms in total. The van der Waals surface area contributed by atoms with Gasteiger partial charge >= 0.3 is 0 Å². The van der Waals surface area contributed by atoms with Gasteiger partial charge in [0, 0.05) is 37.9 Å². The Morgan fingerprint density at radius 2 is 1.59 bits per heavy atom. The molecule has 0 radical (unpaired) electrons. The van der Waals surface area contributed by atoms with Gasteiger partial charge in [0.25, 0.3) is 0 Å². The minimum Gasteiger partial charge on any atom is -0.497 e. The summed E-state index contributed by atoms with van der Waals surface area (Å²) in [5, 5.41) is 0.970. The van der Waals surface area contributed by atoms with Crippen LogP contribution >= 0.6 is 23.2 Å². The predicted molar refractivity (Wildman–Crippen MR) is 107 cm³/mol. The number of ether oxygens (including phenoxy) is 2. The molecule has 1 heterocycles. The molecule has 146 valence electrons. The third-order valence-electron chi connectivity index (χ3n) is 4.50. The third kappa shape index (κ3) is 4.11. The maximum absolute atomic E-state index is 13.1. The van der Waals surface area contributed by atoms with Gasteiger partial charge in [0.15, 0.2) is 0 Å². The van der Waals surface area contributed by atoms with Gasteiger partial charge in [0.1, 0.15) is 16.4 Å². The molecule has 2 aromatic rings. The van der Waals surface area contributed by atoms with E-state index in [2.05, 4.69) is 4.90 Å². The minimum atomic E-state index is -3.70. The van der Waals surface area contributed by atoms with Gasteiger partial charge in [0.05, 0.1) is 24.3 Å². The Balaban J connectivity index is 1.79. The van der Waals surface area contributed by atoms with Crippen LogP contribution in [0.25, 0.3) is 0 Å². The Morgan fingerprint density at radius 1 is 0.889 bits per heavy atom. The molecule has 1 aliphatic heterocycles. The van der Waals surface area contributed by atoms with Gasteiger partial charge in [-0.25, -0.2) is 8.42 Å². The Morgan fingerprint density at radius 3 is 2.19 bits per heavy atom. The zero-order valence-electron chi connectivity index (χ0n) is 15.0. The zero-order valence-corrected chi connectivity index (χ0v) is 17.3. The van der Waals surface area contributed by atoms with Crippen molar-refractivity contribution in [1.82, 2.24) is 4.31 Å². The van der Waals surface area contributed by atoms with Crippen molar-refractivity contribution in [2.24, 2.45) is 0 Å². The molecule has 0 unspecified atom stereocenters. The minimum absolute atomic E-state index is 0.104. The van der Waals surface area contributed by atoms with Crippen LogP contribution in [0.3, 0.4) is 0 Å². The van der Waals surface area contributed by atoms with Crippen LogP contribution in [0.5, 0.6) is 11.5 Å². The number of nitrogens with zero attached hydrogens (tertiary/aromatic N) is 2. The number of piperazine rings is 1. The number of rotatable bonds is 5. The quantitative estimate of drug-likeness (QED) is 0.725. The van der Waals surface area contributed by atoms with Crippen LogP contribution in [0.2, 0.25) is 10.0 Å². The maximum atomic E-state index is 13.1. The van der Waals surface area contributed by atoms with E-state index in [1.807, 2.05) is 6.07 Å². The van der Waals surface area contributed by atoms with Gasteiger partial charge in [-0.15, -0.1) is 0 Å².